The number of aromatic nitrogens is 1. The van der Waals surface area contributed by atoms with Crippen LogP contribution in [0.1, 0.15) is 28.8 Å². The molecule has 1 aliphatic heterocycles. The van der Waals surface area contributed by atoms with Gasteiger partial charge in [-0.15, -0.1) is 0 Å². The lowest BCUT2D eigenvalue weighted by molar-refractivity contribution is 0.664. The Hall–Kier alpha value is -6.13. The fraction of sp³-hybridized carbons (Fsp3) is 0.0682. The van der Waals surface area contributed by atoms with E-state index in [2.05, 4.69) is 162 Å². The number of rotatable bonds is 4. The predicted octanol–water partition coefficient (Wildman–Crippen LogP) is 10.4. The van der Waals surface area contributed by atoms with E-state index in [1.165, 1.54) is 38.9 Å². The minimum Gasteiger partial charge on any atom is -0.454 e. The van der Waals surface area contributed by atoms with Gasteiger partial charge in [-0.3, -0.25) is 0 Å². The summed E-state index contributed by atoms with van der Waals surface area (Å²) in [5.74, 6) is 0.846. The summed E-state index contributed by atoms with van der Waals surface area (Å²) in [5, 5.41) is 7.20. The summed E-state index contributed by atoms with van der Waals surface area (Å²) >= 11 is 0. The number of amidine groups is 1. The van der Waals surface area contributed by atoms with Crippen molar-refractivity contribution in [3.63, 3.8) is 0 Å². The van der Waals surface area contributed by atoms with Crippen molar-refractivity contribution in [2.45, 2.75) is 18.9 Å². The van der Waals surface area contributed by atoms with E-state index in [1.54, 1.807) is 0 Å². The Morgan fingerprint density at radius 3 is 2.42 bits per heavy atom. The van der Waals surface area contributed by atoms with E-state index in [1.807, 2.05) is 0 Å². The summed E-state index contributed by atoms with van der Waals surface area (Å²) in [6.45, 7) is 0. The molecule has 0 spiro atoms. The monoisotopic (exact) mass is 617 g/mol. The van der Waals surface area contributed by atoms with Gasteiger partial charge >= 0.3 is 0 Å². The fourth-order valence-corrected chi connectivity index (χ4v) is 7.72. The van der Waals surface area contributed by atoms with Crippen LogP contribution in [0.4, 0.5) is 0 Å². The predicted molar refractivity (Wildman–Crippen MR) is 198 cm³/mol. The highest BCUT2D eigenvalue weighted by Gasteiger charge is 2.27. The molecule has 48 heavy (non-hydrogen) atoms. The molecule has 1 unspecified atom stereocenters. The topological polar surface area (TPSA) is 42.5 Å². The van der Waals surface area contributed by atoms with Crippen molar-refractivity contribution in [1.82, 2.24) is 9.88 Å². The Labute approximate surface area is 278 Å². The van der Waals surface area contributed by atoms with Crippen LogP contribution in [0.15, 0.2) is 161 Å². The van der Waals surface area contributed by atoms with Crippen molar-refractivity contribution in [3.05, 3.63) is 174 Å². The van der Waals surface area contributed by atoms with Crippen LogP contribution in [0.3, 0.4) is 0 Å². The van der Waals surface area contributed by atoms with Gasteiger partial charge in [0.25, 0.3) is 0 Å². The molecule has 2 aromatic heterocycles. The van der Waals surface area contributed by atoms with E-state index < -0.39 is 0 Å². The number of nitrogens with zero attached hydrogens (tertiary/aromatic N) is 2. The number of allylic oxidation sites excluding steroid dienone is 3. The quantitative estimate of drug-likeness (QED) is 0.214. The molecule has 10 rings (SSSR count). The number of hydrogen-bond acceptors (Lipinski definition) is 3. The van der Waals surface area contributed by atoms with Crippen LogP contribution in [0.2, 0.25) is 0 Å². The Balaban J connectivity index is 1.15. The summed E-state index contributed by atoms with van der Waals surface area (Å²) in [5.41, 5.74) is 13.3. The third-order valence-electron chi connectivity index (χ3n) is 9.93. The van der Waals surface area contributed by atoms with Crippen LogP contribution in [-0.4, -0.2) is 16.4 Å². The molecule has 1 N–H and O–H groups in total. The molecule has 3 heterocycles. The SMILES string of the molecule is C1=CC2=C(c3ccc(-c4ccccc4)cc3)N=C(c3cccc4oc5c(-n6c7c(c8ccccc86)C=CCC7)cccc5c34)NC2C=C1. The second kappa shape index (κ2) is 10.7. The van der Waals surface area contributed by atoms with Crippen molar-refractivity contribution < 1.29 is 4.42 Å². The average Bonchev–Trinajstić information content (AvgIpc) is 3.71. The minimum absolute atomic E-state index is 0.0149. The van der Waals surface area contributed by atoms with Crippen molar-refractivity contribution >= 4 is 50.5 Å². The first-order valence-electron chi connectivity index (χ1n) is 16.7. The fourth-order valence-electron chi connectivity index (χ4n) is 7.72. The van der Waals surface area contributed by atoms with E-state index in [9.17, 15) is 0 Å². The van der Waals surface area contributed by atoms with Gasteiger partial charge in [0.15, 0.2) is 5.58 Å². The number of hydrogen-bond donors (Lipinski definition) is 1. The summed E-state index contributed by atoms with van der Waals surface area (Å²) < 4.78 is 9.21. The minimum atomic E-state index is 0.0149. The Kier molecular flexibility index (Phi) is 6.03. The van der Waals surface area contributed by atoms with Crippen LogP contribution in [0.5, 0.6) is 0 Å². The molecule has 1 atom stereocenters. The number of furan rings is 1. The molecule has 4 nitrogen and oxygen atoms in total. The second-order valence-corrected chi connectivity index (χ2v) is 12.7. The number of benzene rings is 5. The Morgan fingerprint density at radius 2 is 1.50 bits per heavy atom. The van der Waals surface area contributed by atoms with E-state index in [-0.39, 0.29) is 6.04 Å². The maximum atomic E-state index is 6.79. The van der Waals surface area contributed by atoms with Crippen LogP contribution in [0.25, 0.3) is 61.4 Å². The summed E-state index contributed by atoms with van der Waals surface area (Å²) in [7, 11) is 0. The zero-order valence-corrected chi connectivity index (χ0v) is 26.2. The number of aliphatic imine (C=N–C) groups is 1. The molecule has 228 valence electrons. The number of nitrogens with one attached hydrogen (secondary N) is 1. The van der Waals surface area contributed by atoms with Crippen molar-refractivity contribution in [2.24, 2.45) is 4.99 Å². The maximum Gasteiger partial charge on any atom is 0.159 e. The normalized spacial score (nSPS) is 16.8. The highest BCUT2D eigenvalue weighted by atomic mass is 16.3. The van der Waals surface area contributed by atoms with E-state index >= 15 is 0 Å². The van der Waals surface area contributed by atoms with Gasteiger partial charge in [0.1, 0.15) is 11.4 Å². The first-order valence-corrected chi connectivity index (χ1v) is 16.7. The molecule has 0 saturated heterocycles. The molecule has 4 heteroatoms. The van der Waals surface area contributed by atoms with Gasteiger partial charge in [0.05, 0.1) is 22.9 Å². The van der Waals surface area contributed by atoms with Crippen LogP contribution >= 0.6 is 0 Å². The van der Waals surface area contributed by atoms with Crippen molar-refractivity contribution in [2.75, 3.05) is 0 Å². The average molecular weight is 618 g/mol. The highest BCUT2D eigenvalue weighted by Crippen LogP contribution is 2.40. The number of para-hydroxylation sites is 2. The third-order valence-corrected chi connectivity index (χ3v) is 9.93. The van der Waals surface area contributed by atoms with Crippen molar-refractivity contribution in [3.8, 4) is 16.8 Å². The molecular weight excluding hydrogens is 587 g/mol. The van der Waals surface area contributed by atoms with Gasteiger partial charge in [-0.25, -0.2) is 4.99 Å². The summed E-state index contributed by atoms with van der Waals surface area (Å²) in [6.07, 6.45) is 15.2. The zero-order chi connectivity index (χ0) is 31.6. The van der Waals surface area contributed by atoms with Gasteiger partial charge in [0, 0.05) is 44.1 Å². The molecule has 3 aliphatic rings. The van der Waals surface area contributed by atoms with Gasteiger partial charge in [-0.05, 0) is 42.2 Å². The van der Waals surface area contributed by atoms with E-state index in [4.69, 9.17) is 9.41 Å². The van der Waals surface area contributed by atoms with E-state index in [0.29, 0.717) is 0 Å². The standard InChI is InChI=1S/C44H31N3O/c1-2-12-28(13-3-1)29-24-26-30(27-25-29)42-33-16-4-7-19-36(33)45-44(46-42)35-18-11-23-40-41(35)34-17-10-22-39(43(34)48-40)47-37-20-8-5-14-31(37)32-15-6-9-21-38(32)47/h1-8,10-20,22-27,36H,9,21H2,(H,45,46). The first kappa shape index (κ1) is 27.0. The first-order chi connectivity index (χ1) is 23.8. The number of fused-ring (bicyclic) bond motifs is 7. The molecule has 0 saturated carbocycles. The molecule has 0 fully saturated rings. The van der Waals surface area contributed by atoms with Crippen LogP contribution < -0.4 is 5.32 Å². The Bertz CT molecular complexity index is 2570. The molecule has 0 radical (unpaired) electrons. The van der Waals surface area contributed by atoms with Crippen molar-refractivity contribution in [1.29, 1.82) is 0 Å². The second-order valence-electron chi connectivity index (χ2n) is 12.7. The maximum absolute atomic E-state index is 6.79. The van der Waals surface area contributed by atoms with Crippen LogP contribution in [0, 0.1) is 0 Å². The lowest BCUT2D eigenvalue weighted by atomic mass is 9.93. The smallest absolute Gasteiger partial charge is 0.159 e. The molecular formula is C44H31N3O. The largest absolute Gasteiger partial charge is 0.454 e. The third kappa shape index (κ3) is 4.12. The Morgan fingerprint density at radius 1 is 0.708 bits per heavy atom. The van der Waals surface area contributed by atoms with Gasteiger partial charge in [-0.2, -0.15) is 0 Å². The molecule has 0 amide bonds. The van der Waals surface area contributed by atoms with Crippen LogP contribution in [-0.2, 0) is 6.42 Å². The van der Waals surface area contributed by atoms with Gasteiger partial charge in [0.2, 0.25) is 0 Å². The lowest BCUT2D eigenvalue weighted by Gasteiger charge is -2.28. The lowest BCUT2D eigenvalue weighted by Crippen LogP contribution is -2.39. The molecule has 0 bridgehead atoms. The zero-order valence-electron chi connectivity index (χ0n) is 26.2. The molecule has 7 aromatic rings. The van der Waals surface area contributed by atoms with E-state index in [0.717, 1.165) is 63.1 Å². The molecule has 5 aromatic carbocycles. The molecule has 2 aliphatic carbocycles. The summed E-state index contributed by atoms with van der Waals surface area (Å²) in [6, 6.07) is 40.8. The van der Waals surface area contributed by atoms with Gasteiger partial charge in [-0.1, -0.05) is 134 Å². The summed E-state index contributed by atoms with van der Waals surface area (Å²) in [4.78, 5) is 5.36. The highest BCUT2D eigenvalue weighted by molar-refractivity contribution is 6.20. The van der Waals surface area contributed by atoms with Gasteiger partial charge < -0.3 is 14.3 Å².